The molecule has 1 amide bonds. The second-order valence-corrected chi connectivity index (χ2v) is 8.24. The maximum absolute atomic E-state index is 11.0. The van der Waals surface area contributed by atoms with Gasteiger partial charge in [-0.25, -0.2) is 4.79 Å². The predicted octanol–water partition coefficient (Wildman–Crippen LogP) is 0.517. The second kappa shape index (κ2) is 6.57. The Kier molecular flexibility index (Phi) is 6.19. The van der Waals surface area contributed by atoms with Crippen LogP contribution in [0.5, 0.6) is 0 Å². The van der Waals surface area contributed by atoms with Gasteiger partial charge >= 0.3 is 11.9 Å². The summed E-state index contributed by atoms with van der Waals surface area (Å²) < 4.78 is 9.61. The summed E-state index contributed by atoms with van der Waals surface area (Å²) in [6.45, 7) is 4.69. The van der Waals surface area contributed by atoms with Gasteiger partial charge < -0.3 is 14.5 Å². The topological polar surface area (TPSA) is 64.6 Å². The Morgan fingerprint density at radius 3 is 2.33 bits per heavy atom. The van der Waals surface area contributed by atoms with Gasteiger partial charge in [0, 0.05) is 13.7 Å². The van der Waals surface area contributed by atoms with E-state index < -0.39 is 20.2 Å². The zero-order valence-electron chi connectivity index (χ0n) is 9.75. The van der Waals surface area contributed by atoms with Gasteiger partial charge in [0.2, 0.25) is 0 Å². The number of rotatable bonds is 5. The van der Waals surface area contributed by atoms with Gasteiger partial charge in [-0.3, -0.25) is 4.79 Å². The summed E-state index contributed by atoms with van der Waals surface area (Å²) in [5.74, 6) is -1.53. The number of nitrogens with one attached hydrogen (secondary N) is 1. The number of hydrogen-bond donors (Lipinski definition) is 1. The minimum Gasteiger partial charge on any atom is -0.462 e. The lowest BCUT2D eigenvalue weighted by molar-refractivity contribution is -0.152. The van der Waals surface area contributed by atoms with E-state index in [4.69, 9.17) is 4.43 Å². The van der Waals surface area contributed by atoms with Crippen LogP contribution in [0.25, 0.3) is 0 Å². The van der Waals surface area contributed by atoms with Crippen LogP contribution in [0.2, 0.25) is 19.1 Å². The Hall–Kier alpha value is -0.883. The lowest BCUT2D eigenvalue weighted by atomic mass is 10.4. The zero-order chi connectivity index (χ0) is 11.9. The standard InChI is InChI=1S/C9H19NO4Si/c1-13-9(12)8(11)10-6-5-7-15(3,4)14-2/h5-7H2,1-4H3,(H,10,11). The molecular formula is C9H19NO4Si. The monoisotopic (exact) mass is 233 g/mol. The molecule has 0 aliphatic rings. The van der Waals surface area contributed by atoms with Crippen LogP contribution < -0.4 is 5.32 Å². The van der Waals surface area contributed by atoms with E-state index in [0.29, 0.717) is 6.54 Å². The fourth-order valence-electron chi connectivity index (χ4n) is 0.983. The normalized spacial score (nSPS) is 10.9. The number of hydrogen-bond acceptors (Lipinski definition) is 4. The van der Waals surface area contributed by atoms with Crippen LogP contribution in [0.3, 0.4) is 0 Å². The molecule has 0 aliphatic heterocycles. The molecule has 6 heteroatoms. The van der Waals surface area contributed by atoms with Gasteiger partial charge in [0.1, 0.15) is 0 Å². The molecule has 0 aromatic carbocycles. The summed E-state index contributed by atoms with van der Waals surface area (Å²) in [6.07, 6.45) is 0.815. The van der Waals surface area contributed by atoms with Crippen LogP contribution in [0, 0.1) is 0 Å². The molecule has 0 bridgehead atoms. The molecule has 88 valence electrons. The van der Waals surface area contributed by atoms with Gasteiger partial charge in [-0.15, -0.1) is 0 Å². The molecule has 0 radical (unpaired) electrons. The van der Waals surface area contributed by atoms with Crippen molar-refractivity contribution < 1.29 is 18.8 Å². The molecule has 0 unspecified atom stereocenters. The highest BCUT2D eigenvalue weighted by atomic mass is 28.4. The molecule has 0 aromatic heterocycles. The summed E-state index contributed by atoms with van der Waals surface area (Å²) in [5.41, 5.74) is 0. The fourth-order valence-corrected chi connectivity index (χ4v) is 2.22. The van der Waals surface area contributed by atoms with Crippen molar-refractivity contribution in [2.24, 2.45) is 0 Å². The van der Waals surface area contributed by atoms with Gasteiger partial charge in [-0.2, -0.15) is 0 Å². The number of esters is 1. The molecule has 0 saturated carbocycles. The number of amides is 1. The predicted molar refractivity (Wildman–Crippen MR) is 58.9 cm³/mol. The Bertz CT molecular complexity index is 230. The van der Waals surface area contributed by atoms with Gasteiger partial charge in [-0.1, -0.05) is 0 Å². The second-order valence-electron chi connectivity index (χ2n) is 3.81. The van der Waals surface area contributed by atoms with Crippen LogP contribution in [0.15, 0.2) is 0 Å². The molecule has 0 fully saturated rings. The molecule has 0 atom stereocenters. The maximum atomic E-state index is 11.0. The number of carbonyl (C=O) groups excluding carboxylic acids is 2. The average molecular weight is 233 g/mol. The SMILES string of the molecule is COC(=O)C(=O)NCCC[Si](C)(C)OC. The van der Waals surface area contributed by atoms with Crippen LogP contribution in [-0.2, 0) is 18.8 Å². The van der Waals surface area contributed by atoms with Crippen LogP contribution in [0.1, 0.15) is 6.42 Å². The van der Waals surface area contributed by atoms with E-state index in [2.05, 4.69) is 23.1 Å². The van der Waals surface area contributed by atoms with Crippen molar-refractivity contribution in [1.29, 1.82) is 0 Å². The van der Waals surface area contributed by atoms with Gasteiger partial charge in [0.15, 0.2) is 8.32 Å². The molecule has 1 N–H and O–H groups in total. The first-order valence-electron chi connectivity index (χ1n) is 4.84. The quantitative estimate of drug-likeness (QED) is 0.325. The molecule has 0 saturated heterocycles. The highest BCUT2D eigenvalue weighted by Crippen LogP contribution is 2.11. The highest BCUT2D eigenvalue weighted by molar-refractivity contribution is 6.71. The number of carbonyl (C=O) groups is 2. The van der Waals surface area contributed by atoms with Crippen LogP contribution in [-0.4, -0.2) is 41.0 Å². The molecule has 15 heavy (non-hydrogen) atoms. The van der Waals surface area contributed by atoms with Gasteiger partial charge in [-0.05, 0) is 25.6 Å². The van der Waals surface area contributed by atoms with E-state index in [9.17, 15) is 9.59 Å². The van der Waals surface area contributed by atoms with Crippen molar-refractivity contribution in [3.63, 3.8) is 0 Å². The first-order valence-corrected chi connectivity index (χ1v) is 7.96. The molecule has 0 rings (SSSR count). The average Bonchev–Trinajstić information content (AvgIpc) is 2.22. The summed E-state index contributed by atoms with van der Waals surface area (Å²) in [4.78, 5) is 21.7. The smallest absolute Gasteiger partial charge is 0.396 e. The first kappa shape index (κ1) is 14.1. The largest absolute Gasteiger partial charge is 0.462 e. The third-order valence-corrected chi connectivity index (χ3v) is 4.83. The molecule has 5 nitrogen and oxygen atoms in total. The molecule has 0 aromatic rings. The van der Waals surface area contributed by atoms with Crippen molar-refractivity contribution in [2.45, 2.75) is 25.6 Å². The van der Waals surface area contributed by atoms with E-state index in [-0.39, 0.29) is 0 Å². The molecule has 0 heterocycles. The van der Waals surface area contributed by atoms with E-state index in [1.807, 2.05) is 0 Å². The third-order valence-electron chi connectivity index (χ3n) is 2.16. The van der Waals surface area contributed by atoms with Crippen LogP contribution >= 0.6 is 0 Å². The lowest BCUT2D eigenvalue weighted by Crippen LogP contribution is -2.34. The summed E-state index contributed by atoms with van der Waals surface area (Å²) in [5, 5.41) is 2.48. The molecular weight excluding hydrogens is 214 g/mol. The van der Waals surface area contributed by atoms with Crippen molar-refractivity contribution in [2.75, 3.05) is 20.8 Å². The van der Waals surface area contributed by atoms with Crippen LogP contribution in [0.4, 0.5) is 0 Å². The van der Waals surface area contributed by atoms with Gasteiger partial charge in [0.05, 0.1) is 7.11 Å². The molecule has 0 aliphatic carbocycles. The minimum absolute atomic E-state index is 0.480. The van der Waals surface area contributed by atoms with Gasteiger partial charge in [0.25, 0.3) is 0 Å². The number of methoxy groups -OCH3 is 1. The van der Waals surface area contributed by atoms with Crippen molar-refractivity contribution >= 4 is 20.2 Å². The highest BCUT2D eigenvalue weighted by Gasteiger charge is 2.20. The fraction of sp³-hybridized carbons (Fsp3) is 0.778. The van der Waals surface area contributed by atoms with E-state index in [1.165, 1.54) is 7.11 Å². The van der Waals surface area contributed by atoms with E-state index >= 15 is 0 Å². The molecule has 0 spiro atoms. The van der Waals surface area contributed by atoms with E-state index in [1.54, 1.807) is 7.11 Å². The number of ether oxygens (including phenoxy) is 1. The summed E-state index contributed by atoms with van der Waals surface area (Å²) in [6, 6.07) is 0.949. The minimum atomic E-state index is -1.55. The van der Waals surface area contributed by atoms with Crippen molar-refractivity contribution in [1.82, 2.24) is 5.32 Å². The van der Waals surface area contributed by atoms with Crippen molar-refractivity contribution in [3.8, 4) is 0 Å². The van der Waals surface area contributed by atoms with E-state index in [0.717, 1.165) is 12.5 Å². The summed E-state index contributed by atoms with van der Waals surface area (Å²) in [7, 11) is 1.34. The Morgan fingerprint density at radius 2 is 1.87 bits per heavy atom. The maximum Gasteiger partial charge on any atom is 0.396 e. The summed E-state index contributed by atoms with van der Waals surface area (Å²) >= 11 is 0. The lowest BCUT2D eigenvalue weighted by Gasteiger charge is -2.19. The Labute approximate surface area is 91.3 Å². The zero-order valence-corrected chi connectivity index (χ0v) is 10.8. The van der Waals surface area contributed by atoms with Crippen molar-refractivity contribution in [3.05, 3.63) is 0 Å². The Balaban J connectivity index is 3.64. The Morgan fingerprint density at radius 1 is 1.27 bits per heavy atom. The third kappa shape index (κ3) is 6.24. The first-order chi connectivity index (χ1) is 6.93.